The maximum Gasteiger partial charge on any atom is 0.161 e. The first-order valence-electron chi connectivity index (χ1n) is 6.70. The number of likely N-dealkylation sites (N-methyl/N-ethyl adjacent to an activating group) is 1. The first-order chi connectivity index (χ1) is 9.67. The van der Waals surface area contributed by atoms with Gasteiger partial charge in [0.05, 0.1) is 25.0 Å². The van der Waals surface area contributed by atoms with Crippen molar-refractivity contribution in [3.05, 3.63) is 46.7 Å². The lowest BCUT2D eigenvalue weighted by molar-refractivity contribution is 0.394. The molecule has 1 aromatic heterocycles. The zero-order valence-electron chi connectivity index (χ0n) is 12.1. The van der Waals surface area contributed by atoms with Gasteiger partial charge in [0.25, 0.3) is 0 Å². The van der Waals surface area contributed by atoms with Gasteiger partial charge in [-0.05, 0) is 24.6 Å². The van der Waals surface area contributed by atoms with Gasteiger partial charge in [-0.3, -0.25) is 4.68 Å². The quantitative estimate of drug-likeness (QED) is 0.890. The zero-order valence-corrected chi connectivity index (χ0v) is 12.8. The van der Waals surface area contributed by atoms with Crippen LogP contribution < -0.4 is 10.1 Å². The highest BCUT2D eigenvalue weighted by atomic mass is 35.5. The normalized spacial score (nSPS) is 12.4. The smallest absolute Gasteiger partial charge is 0.161 e. The van der Waals surface area contributed by atoms with Crippen molar-refractivity contribution in [2.45, 2.75) is 19.4 Å². The molecule has 1 N–H and O–H groups in total. The second-order valence-electron chi connectivity index (χ2n) is 4.63. The maximum absolute atomic E-state index is 6.26. The van der Waals surface area contributed by atoms with E-state index in [0.29, 0.717) is 0 Å². The molecule has 1 aromatic carbocycles. The molecule has 4 nitrogen and oxygen atoms in total. The van der Waals surface area contributed by atoms with Crippen molar-refractivity contribution in [1.82, 2.24) is 15.1 Å². The van der Waals surface area contributed by atoms with E-state index in [9.17, 15) is 0 Å². The molecule has 0 amide bonds. The molecule has 1 atom stereocenters. The fourth-order valence-electron chi connectivity index (χ4n) is 2.38. The van der Waals surface area contributed by atoms with Crippen molar-refractivity contribution in [1.29, 1.82) is 0 Å². The molecular formula is C15H20ClN3O. The Morgan fingerprint density at radius 3 is 2.80 bits per heavy atom. The molecule has 5 heteroatoms. The lowest BCUT2D eigenvalue weighted by atomic mass is 10.0. The third kappa shape index (κ3) is 3.14. The summed E-state index contributed by atoms with van der Waals surface area (Å²) in [6.45, 7) is 2.95. The third-order valence-electron chi connectivity index (χ3n) is 3.33. The molecule has 1 heterocycles. The Morgan fingerprint density at radius 1 is 1.40 bits per heavy atom. The maximum atomic E-state index is 6.26. The van der Waals surface area contributed by atoms with Crippen LogP contribution in [0.15, 0.2) is 30.5 Å². The molecular weight excluding hydrogens is 274 g/mol. The van der Waals surface area contributed by atoms with Crippen molar-refractivity contribution in [2.24, 2.45) is 7.05 Å². The minimum Gasteiger partial charge on any atom is -0.493 e. The Morgan fingerprint density at radius 2 is 2.15 bits per heavy atom. The average Bonchev–Trinajstić information content (AvgIpc) is 2.81. The fourth-order valence-corrected chi connectivity index (χ4v) is 2.59. The zero-order chi connectivity index (χ0) is 14.5. The van der Waals surface area contributed by atoms with E-state index in [-0.39, 0.29) is 6.04 Å². The molecule has 0 bridgehead atoms. The molecule has 0 saturated carbocycles. The number of rotatable bonds is 6. The molecule has 0 fully saturated rings. The summed E-state index contributed by atoms with van der Waals surface area (Å²) in [5.41, 5.74) is 2.15. The fraction of sp³-hybridized carbons (Fsp3) is 0.400. The summed E-state index contributed by atoms with van der Waals surface area (Å²) in [5, 5.41) is 8.54. The number of aryl methyl sites for hydroxylation is 1. The van der Waals surface area contributed by atoms with Crippen LogP contribution in [0.2, 0.25) is 5.02 Å². The molecule has 0 aliphatic rings. The van der Waals surface area contributed by atoms with Gasteiger partial charge in [-0.15, -0.1) is 0 Å². The van der Waals surface area contributed by atoms with Gasteiger partial charge in [-0.25, -0.2) is 0 Å². The van der Waals surface area contributed by atoms with Crippen LogP contribution in [0.3, 0.4) is 0 Å². The lowest BCUT2D eigenvalue weighted by Gasteiger charge is -2.20. The summed E-state index contributed by atoms with van der Waals surface area (Å²) >= 11 is 6.26. The minimum absolute atomic E-state index is 0.113. The molecule has 108 valence electrons. The predicted molar refractivity (Wildman–Crippen MR) is 81.3 cm³/mol. The highest BCUT2D eigenvalue weighted by molar-refractivity contribution is 6.31. The van der Waals surface area contributed by atoms with Crippen molar-refractivity contribution in [2.75, 3.05) is 13.7 Å². The number of ether oxygens (including phenoxy) is 1. The number of halogens is 1. The van der Waals surface area contributed by atoms with E-state index in [1.165, 1.54) is 0 Å². The summed E-state index contributed by atoms with van der Waals surface area (Å²) in [6.07, 6.45) is 2.54. The van der Waals surface area contributed by atoms with Gasteiger partial charge in [0.2, 0.25) is 0 Å². The monoisotopic (exact) mass is 293 g/mol. The summed E-state index contributed by atoms with van der Waals surface area (Å²) in [7, 11) is 3.59. The number of nitrogens with one attached hydrogen (secondary N) is 1. The summed E-state index contributed by atoms with van der Waals surface area (Å²) in [6, 6.07) is 8.03. The Kier molecular flexibility index (Phi) is 5.04. The van der Waals surface area contributed by atoms with E-state index >= 15 is 0 Å². The highest BCUT2D eigenvalue weighted by Gasteiger charge is 2.21. The number of hydrogen-bond acceptors (Lipinski definition) is 3. The Balaban J connectivity index is 2.32. The van der Waals surface area contributed by atoms with Crippen LogP contribution in [0.1, 0.15) is 24.2 Å². The predicted octanol–water partition coefficient (Wildman–Crippen LogP) is 2.98. The Hall–Kier alpha value is -1.52. The second kappa shape index (κ2) is 6.77. The van der Waals surface area contributed by atoms with E-state index in [1.54, 1.807) is 13.3 Å². The number of methoxy groups -OCH3 is 1. The number of nitrogens with zero attached hydrogens (tertiary/aromatic N) is 2. The molecule has 2 rings (SSSR count). The van der Waals surface area contributed by atoms with Gasteiger partial charge in [0.15, 0.2) is 5.75 Å². The van der Waals surface area contributed by atoms with Gasteiger partial charge in [-0.2, -0.15) is 5.10 Å². The van der Waals surface area contributed by atoms with Gasteiger partial charge in [-0.1, -0.05) is 36.7 Å². The standard InChI is InChI=1S/C15H20ClN3O/c1-4-17-13(9-11-7-5-6-8-12(11)16)15-14(20-3)10-18-19(15)2/h5-8,10,13,17H,4,9H2,1-3H3. The Labute approximate surface area is 124 Å². The molecule has 0 aliphatic heterocycles. The summed E-state index contributed by atoms with van der Waals surface area (Å²) < 4.78 is 7.26. The molecule has 0 saturated heterocycles. The lowest BCUT2D eigenvalue weighted by Crippen LogP contribution is -2.25. The van der Waals surface area contributed by atoms with Crippen LogP contribution in [0, 0.1) is 0 Å². The number of aromatic nitrogens is 2. The van der Waals surface area contributed by atoms with E-state index < -0.39 is 0 Å². The topological polar surface area (TPSA) is 39.1 Å². The van der Waals surface area contributed by atoms with Crippen LogP contribution in [0.5, 0.6) is 5.75 Å². The van der Waals surface area contributed by atoms with E-state index in [4.69, 9.17) is 16.3 Å². The largest absolute Gasteiger partial charge is 0.493 e. The van der Waals surface area contributed by atoms with Crippen LogP contribution in [0.4, 0.5) is 0 Å². The van der Waals surface area contributed by atoms with Crippen LogP contribution in [0.25, 0.3) is 0 Å². The second-order valence-corrected chi connectivity index (χ2v) is 5.03. The van der Waals surface area contributed by atoms with Gasteiger partial charge < -0.3 is 10.1 Å². The van der Waals surface area contributed by atoms with Crippen LogP contribution >= 0.6 is 11.6 Å². The molecule has 1 unspecified atom stereocenters. The third-order valence-corrected chi connectivity index (χ3v) is 3.70. The van der Waals surface area contributed by atoms with Crippen LogP contribution in [-0.2, 0) is 13.5 Å². The number of hydrogen-bond donors (Lipinski definition) is 1. The number of benzene rings is 1. The summed E-state index contributed by atoms with van der Waals surface area (Å²) in [5.74, 6) is 0.797. The molecule has 0 radical (unpaired) electrons. The SMILES string of the molecule is CCNC(Cc1ccccc1Cl)c1c(OC)cnn1C. The van der Waals surface area contributed by atoms with Crippen molar-refractivity contribution < 1.29 is 4.74 Å². The van der Waals surface area contributed by atoms with E-state index in [2.05, 4.69) is 23.4 Å². The highest BCUT2D eigenvalue weighted by Crippen LogP contribution is 2.29. The van der Waals surface area contributed by atoms with Crippen molar-refractivity contribution >= 4 is 11.6 Å². The molecule has 0 spiro atoms. The molecule has 2 aromatic rings. The first kappa shape index (κ1) is 14.9. The minimum atomic E-state index is 0.113. The average molecular weight is 294 g/mol. The van der Waals surface area contributed by atoms with Gasteiger partial charge in [0.1, 0.15) is 0 Å². The Bertz CT molecular complexity index is 568. The van der Waals surface area contributed by atoms with E-state index in [0.717, 1.165) is 35.0 Å². The van der Waals surface area contributed by atoms with Crippen LogP contribution in [-0.4, -0.2) is 23.4 Å². The molecule has 20 heavy (non-hydrogen) atoms. The van der Waals surface area contributed by atoms with Gasteiger partial charge in [0, 0.05) is 12.1 Å². The van der Waals surface area contributed by atoms with E-state index in [1.807, 2.05) is 29.9 Å². The first-order valence-corrected chi connectivity index (χ1v) is 7.07. The summed E-state index contributed by atoms with van der Waals surface area (Å²) in [4.78, 5) is 0. The molecule has 0 aliphatic carbocycles. The van der Waals surface area contributed by atoms with Crippen molar-refractivity contribution in [3.63, 3.8) is 0 Å². The van der Waals surface area contributed by atoms with Gasteiger partial charge >= 0.3 is 0 Å². The van der Waals surface area contributed by atoms with Crippen molar-refractivity contribution in [3.8, 4) is 5.75 Å².